The Labute approximate surface area is 141 Å². The average Bonchev–Trinajstić information content (AvgIpc) is 2.55. The quantitative estimate of drug-likeness (QED) is 0.757. The number of hydrogen-bond donors (Lipinski definition) is 2. The molecule has 0 radical (unpaired) electrons. The molecule has 3 aromatic rings. The molecule has 1 amide bonds. The molecule has 0 unspecified atom stereocenters. The maximum Gasteiger partial charge on any atom is 0.252 e. The summed E-state index contributed by atoms with van der Waals surface area (Å²) in [6.45, 7) is 3.75. The zero-order chi connectivity index (χ0) is 17.1. The summed E-state index contributed by atoms with van der Waals surface area (Å²) in [6, 6.07) is 20.0. The Hall–Kier alpha value is -3.14. The second-order valence-electron chi connectivity index (χ2n) is 5.74. The van der Waals surface area contributed by atoms with E-state index in [1.807, 2.05) is 62.4 Å². The van der Waals surface area contributed by atoms with Crippen molar-refractivity contribution in [2.45, 2.75) is 13.8 Å². The van der Waals surface area contributed by atoms with Gasteiger partial charge in [0, 0.05) is 11.4 Å². The zero-order valence-electron chi connectivity index (χ0n) is 13.7. The minimum Gasteiger partial charge on any atom is -0.365 e. The lowest BCUT2D eigenvalue weighted by Gasteiger charge is -2.13. The predicted octanol–water partition coefficient (Wildman–Crippen LogP) is 4.21. The van der Waals surface area contributed by atoms with Crippen LogP contribution in [0, 0.1) is 13.8 Å². The van der Waals surface area contributed by atoms with E-state index in [0.717, 1.165) is 28.1 Å². The van der Waals surface area contributed by atoms with Crippen molar-refractivity contribution >= 4 is 17.4 Å². The minimum absolute atomic E-state index is 0.424. The number of pyridine rings is 1. The highest BCUT2D eigenvalue weighted by Crippen LogP contribution is 2.25. The number of rotatable bonds is 4. The van der Waals surface area contributed by atoms with Crippen LogP contribution < -0.4 is 11.1 Å². The summed E-state index contributed by atoms with van der Waals surface area (Å²) in [7, 11) is 0. The second kappa shape index (κ2) is 6.54. The van der Waals surface area contributed by atoms with E-state index in [1.165, 1.54) is 0 Å². The van der Waals surface area contributed by atoms with Crippen LogP contribution in [0.3, 0.4) is 0 Å². The molecule has 1 aromatic heterocycles. The van der Waals surface area contributed by atoms with Crippen LogP contribution in [-0.2, 0) is 0 Å². The Morgan fingerprint density at radius 2 is 1.58 bits per heavy atom. The number of anilines is 2. The van der Waals surface area contributed by atoms with Crippen LogP contribution in [0.1, 0.15) is 21.6 Å². The summed E-state index contributed by atoms with van der Waals surface area (Å²) in [5.41, 5.74) is 10.7. The van der Waals surface area contributed by atoms with Crippen molar-refractivity contribution in [1.29, 1.82) is 0 Å². The van der Waals surface area contributed by atoms with E-state index in [0.29, 0.717) is 11.4 Å². The first-order valence-corrected chi connectivity index (χ1v) is 7.75. The van der Waals surface area contributed by atoms with Gasteiger partial charge in [0.15, 0.2) is 0 Å². The number of nitrogens with two attached hydrogens (primary N) is 1. The number of amides is 1. The van der Waals surface area contributed by atoms with Crippen molar-refractivity contribution in [3.8, 4) is 11.1 Å². The monoisotopic (exact) mass is 317 g/mol. The van der Waals surface area contributed by atoms with Crippen LogP contribution in [0.2, 0.25) is 0 Å². The Kier molecular flexibility index (Phi) is 4.29. The largest absolute Gasteiger partial charge is 0.365 e. The van der Waals surface area contributed by atoms with Gasteiger partial charge in [0.05, 0.1) is 5.56 Å². The molecule has 120 valence electrons. The lowest BCUT2D eigenvalue weighted by Crippen LogP contribution is -2.16. The molecule has 0 saturated heterocycles. The Morgan fingerprint density at radius 3 is 2.21 bits per heavy atom. The number of carbonyl (C=O) groups excluding carboxylic acids is 1. The summed E-state index contributed by atoms with van der Waals surface area (Å²) in [6.07, 6.45) is 0. The highest BCUT2D eigenvalue weighted by atomic mass is 16.1. The summed E-state index contributed by atoms with van der Waals surface area (Å²) in [5.74, 6) is 0.0101. The molecule has 2 aromatic carbocycles. The summed E-state index contributed by atoms with van der Waals surface area (Å²) in [5, 5.41) is 3.20. The van der Waals surface area contributed by atoms with E-state index >= 15 is 0 Å². The first-order chi connectivity index (χ1) is 11.5. The third-order valence-electron chi connectivity index (χ3n) is 3.85. The van der Waals surface area contributed by atoms with Crippen molar-refractivity contribution in [3.05, 3.63) is 77.5 Å². The Balaban J connectivity index is 1.91. The van der Waals surface area contributed by atoms with E-state index in [9.17, 15) is 4.79 Å². The van der Waals surface area contributed by atoms with Gasteiger partial charge in [0.25, 0.3) is 5.91 Å². The standard InChI is InChI=1S/C20H19N3O/c1-13-12-14(2)22-20(18(13)19(21)24)23-17-10-8-16(9-11-17)15-6-4-3-5-7-15/h3-12H,1-2H3,(H2,21,24)(H,22,23). The number of nitrogens with one attached hydrogen (secondary N) is 1. The SMILES string of the molecule is Cc1cc(C)c(C(N)=O)c(Nc2ccc(-c3ccccc3)cc2)n1. The third kappa shape index (κ3) is 3.27. The molecule has 0 bridgehead atoms. The number of aromatic nitrogens is 1. The van der Waals surface area contributed by atoms with E-state index in [1.54, 1.807) is 0 Å². The third-order valence-corrected chi connectivity index (χ3v) is 3.85. The van der Waals surface area contributed by atoms with Crippen LogP contribution in [0.4, 0.5) is 11.5 Å². The molecule has 0 aliphatic rings. The molecule has 1 heterocycles. The van der Waals surface area contributed by atoms with Gasteiger partial charge in [0.2, 0.25) is 0 Å². The van der Waals surface area contributed by atoms with Gasteiger partial charge >= 0.3 is 0 Å². The van der Waals surface area contributed by atoms with Gasteiger partial charge in [0.1, 0.15) is 5.82 Å². The predicted molar refractivity (Wildman–Crippen MR) is 97.4 cm³/mol. The smallest absolute Gasteiger partial charge is 0.252 e. The average molecular weight is 317 g/mol. The van der Waals surface area contributed by atoms with Crippen molar-refractivity contribution in [3.63, 3.8) is 0 Å². The van der Waals surface area contributed by atoms with Crippen LogP contribution in [0.25, 0.3) is 11.1 Å². The number of carbonyl (C=O) groups is 1. The first kappa shape index (κ1) is 15.7. The van der Waals surface area contributed by atoms with Crippen molar-refractivity contribution in [2.24, 2.45) is 5.73 Å². The van der Waals surface area contributed by atoms with E-state index in [-0.39, 0.29) is 0 Å². The first-order valence-electron chi connectivity index (χ1n) is 7.75. The molecule has 0 atom stereocenters. The molecular formula is C20H19N3O. The Morgan fingerprint density at radius 1 is 0.958 bits per heavy atom. The zero-order valence-corrected chi connectivity index (χ0v) is 13.7. The minimum atomic E-state index is -0.483. The van der Waals surface area contributed by atoms with Gasteiger partial charge in [-0.05, 0) is 48.7 Å². The summed E-state index contributed by atoms with van der Waals surface area (Å²) >= 11 is 0. The summed E-state index contributed by atoms with van der Waals surface area (Å²) in [4.78, 5) is 16.1. The van der Waals surface area contributed by atoms with Crippen LogP contribution >= 0.6 is 0 Å². The number of aryl methyl sites for hydroxylation is 2. The molecule has 24 heavy (non-hydrogen) atoms. The molecule has 0 spiro atoms. The van der Waals surface area contributed by atoms with Gasteiger partial charge in [-0.1, -0.05) is 42.5 Å². The fraction of sp³-hybridized carbons (Fsp3) is 0.100. The van der Waals surface area contributed by atoms with E-state index in [4.69, 9.17) is 5.73 Å². The molecule has 0 aliphatic heterocycles. The number of benzene rings is 2. The molecule has 3 N–H and O–H groups in total. The maximum atomic E-state index is 11.7. The van der Waals surface area contributed by atoms with Gasteiger partial charge < -0.3 is 11.1 Å². The highest BCUT2D eigenvalue weighted by molar-refractivity contribution is 5.99. The maximum absolute atomic E-state index is 11.7. The molecular weight excluding hydrogens is 298 g/mol. The molecule has 0 fully saturated rings. The number of nitrogens with zero attached hydrogens (tertiary/aromatic N) is 1. The fourth-order valence-corrected chi connectivity index (χ4v) is 2.75. The van der Waals surface area contributed by atoms with Crippen LogP contribution in [-0.4, -0.2) is 10.9 Å². The molecule has 4 heteroatoms. The fourth-order valence-electron chi connectivity index (χ4n) is 2.75. The number of primary amides is 1. The van der Waals surface area contributed by atoms with Crippen LogP contribution in [0.15, 0.2) is 60.7 Å². The van der Waals surface area contributed by atoms with Crippen molar-refractivity contribution in [1.82, 2.24) is 4.98 Å². The van der Waals surface area contributed by atoms with E-state index < -0.39 is 5.91 Å². The molecule has 3 rings (SSSR count). The number of hydrogen-bond acceptors (Lipinski definition) is 3. The second-order valence-corrected chi connectivity index (χ2v) is 5.74. The Bertz CT molecular complexity index is 871. The van der Waals surface area contributed by atoms with Gasteiger partial charge in [-0.15, -0.1) is 0 Å². The molecule has 0 saturated carbocycles. The van der Waals surface area contributed by atoms with Crippen molar-refractivity contribution < 1.29 is 4.79 Å². The van der Waals surface area contributed by atoms with Gasteiger partial charge in [-0.25, -0.2) is 4.98 Å². The van der Waals surface area contributed by atoms with E-state index in [2.05, 4.69) is 22.4 Å². The normalized spacial score (nSPS) is 10.4. The van der Waals surface area contributed by atoms with Gasteiger partial charge in [-0.3, -0.25) is 4.79 Å². The lowest BCUT2D eigenvalue weighted by atomic mass is 10.1. The topological polar surface area (TPSA) is 68.0 Å². The molecule has 4 nitrogen and oxygen atoms in total. The highest BCUT2D eigenvalue weighted by Gasteiger charge is 2.14. The summed E-state index contributed by atoms with van der Waals surface area (Å²) < 4.78 is 0. The van der Waals surface area contributed by atoms with Crippen molar-refractivity contribution in [2.75, 3.05) is 5.32 Å². The lowest BCUT2D eigenvalue weighted by molar-refractivity contribution is 0.100. The van der Waals surface area contributed by atoms with Gasteiger partial charge in [-0.2, -0.15) is 0 Å². The molecule has 0 aliphatic carbocycles. The van der Waals surface area contributed by atoms with Crippen LogP contribution in [0.5, 0.6) is 0 Å².